The van der Waals surface area contributed by atoms with Crippen LogP contribution in [0.1, 0.15) is 12.8 Å². The third-order valence-corrected chi connectivity index (χ3v) is 4.97. The minimum Gasteiger partial charge on any atom is -0.343 e. The van der Waals surface area contributed by atoms with E-state index in [2.05, 4.69) is 58.2 Å². The number of fused-ring (bicyclic) bond motifs is 1. The van der Waals surface area contributed by atoms with Crippen LogP contribution in [0.25, 0.3) is 21.9 Å². The van der Waals surface area contributed by atoms with Gasteiger partial charge in [-0.2, -0.15) is 5.10 Å². The van der Waals surface area contributed by atoms with Gasteiger partial charge >= 0.3 is 0 Å². The predicted molar refractivity (Wildman–Crippen MR) is 102 cm³/mol. The van der Waals surface area contributed by atoms with Crippen molar-refractivity contribution < 1.29 is 0 Å². The first kappa shape index (κ1) is 15.8. The van der Waals surface area contributed by atoms with Gasteiger partial charge in [0.2, 0.25) is 0 Å². The summed E-state index contributed by atoms with van der Waals surface area (Å²) in [5.41, 5.74) is 3.30. The molecule has 1 saturated heterocycles. The highest BCUT2D eigenvalue weighted by Gasteiger charge is 2.23. The van der Waals surface area contributed by atoms with Gasteiger partial charge in [-0.1, -0.05) is 18.7 Å². The monoisotopic (exact) mass is 333 g/mol. The molecular formula is C20H23N5. The van der Waals surface area contributed by atoms with Gasteiger partial charge in [0, 0.05) is 42.1 Å². The molecule has 1 fully saturated rings. The largest absolute Gasteiger partial charge is 0.343 e. The molecule has 1 aliphatic rings. The van der Waals surface area contributed by atoms with Crippen molar-refractivity contribution in [2.24, 2.45) is 7.05 Å². The number of nitrogens with one attached hydrogen (secondary N) is 1. The van der Waals surface area contributed by atoms with Crippen LogP contribution >= 0.6 is 0 Å². The summed E-state index contributed by atoms with van der Waals surface area (Å²) in [6.07, 6.45) is 8.21. The summed E-state index contributed by atoms with van der Waals surface area (Å²) in [6, 6.07) is 8.88. The number of pyridine rings is 1. The first-order valence-electron chi connectivity index (χ1n) is 8.65. The van der Waals surface area contributed by atoms with E-state index in [1.165, 1.54) is 6.42 Å². The fourth-order valence-corrected chi connectivity index (χ4v) is 3.56. The normalized spacial score (nSPS) is 17.9. The zero-order valence-electron chi connectivity index (χ0n) is 14.7. The van der Waals surface area contributed by atoms with Crippen LogP contribution in [-0.4, -0.2) is 39.3 Å². The standard InChI is InChI=1S/C20H23N5/c1-14(19-5-4-8-24(19)2)23-20-10-17-9-15(6-7-16(17)11-21-20)18-12-22-25(3)13-18/h6-7,9-13,19H,1,4-5,8H2,2-3H3,(H,21,23). The van der Waals surface area contributed by atoms with Crippen molar-refractivity contribution >= 4 is 16.6 Å². The fourth-order valence-electron chi connectivity index (χ4n) is 3.56. The molecule has 5 nitrogen and oxygen atoms in total. The lowest BCUT2D eigenvalue weighted by atomic mass is 10.0. The first-order chi connectivity index (χ1) is 12.1. The van der Waals surface area contributed by atoms with Crippen molar-refractivity contribution in [1.29, 1.82) is 0 Å². The van der Waals surface area contributed by atoms with Crippen molar-refractivity contribution in [2.75, 3.05) is 18.9 Å². The zero-order chi connectivity index (χ0) is 17.4. The van der Waals surface area contributed by atoms with E-state index in [9.17, 15) is 0 Å². The number of rotatable bonds is 4. The molecule has 3 aromatic rings. The Morgan fingerprint density at radius 3 is 2.76 bits per heavy atom. The van der Waals surface area contributed by atoms with Crippen LogP contribution in [-0.2, 0) is 7.05 Å². The van der Waals surface area contributed by atoms with Crippen molar-refractivity contribution in [3.8, 4) is 11.1 Å². The van der Waals surface area contributed by atoms with Crippen LogP contribution in [0, 0.1) is 0 Å². The summed E-state index contributed by atoms with van der Waals surface area (Å²) >= 11 is 0. The van der Waals surface area contributed by atoms with Crippen molar-refractivity contribution in [1.82, 2.24) is 19.7 Å². The van der Waals surface area contributed by atoms with Crippen LogP contribution in [0.3, 0.4) is 0 Å². The third kappa shape index (κ3) is 3.15. The van der Waals surface area contributed by atoms with Gasteiger partial charge in [-0.05, 0) is 49.5 Å². The highest BCUT2D eigenvalue weighted by atomic mass is 15.2. The quantitative estimate of drug-likeness (QED) is 0.791. The maximum atomic E-state index is 4.54. The van der Waals surface area contributed by atoms with E-state index in [1.54, 1.807) is 0 Å². The van der Waals surface area contributed by atoms with Crippen LogP contribution in [0.4, 0.5) is 5.82 Å². The number of likely N-dealkylation sites (N-methyl/N-ethyl adjacent to an activating group) is 1. The van der Waals surface area contributed by atoms with E-state index in [1.807, 2.05) is 30.3 Å². The number of nitrogens with zero attached hydrogens (tertiary/aromatic N) is 4. The van der Waals surface area contributed by atoms with E-state index < -0.39 is 0 Å². The van der Waals surface area contributed by atoms with Gasteiger partial charge in [0.25, 0.3) is 0 Å². The van der Waals surface area contributed by atoms with Crippen molar-refractivity contribution in [3.63, 3.8) is 0 Å². The Morgan fingerprint density at radius 2 is 2.04 bits per heavy atom. The molecule has 1 aromatic carbocycles. The molecule has 128 valence electrons. The second-order valence-electron chi connectivity index (χ2n) is 6.82. The average molecular weight is 333 g/mol. The Hall–Kier alpha value is -2.66. The Bertz CT molecular complexity index is 927. The average Bonchev–Trinajstić information content (AvgIpc) is 3.22. The molecule has 3 heterocycles. The van der Waals surface area contributed by atoms with Crippen LogP contribution in [0.15, 0.2) is 55.1 Å². The maximum Gasteiger partial charge on any atom is 0.130 e. The topological polar surface area (TPSA) is 46.0 Å². The number of hydrogen-bond acceptors (Lipinski definition) is 4. The Balaban J connectivity index is 1.61. The maximum absolute atomic E-state index is 4.54. The van der Waals surface area contributed by atoms with E-state index in [4.69, 9.17) is 0 Å². The molecule has 2 aromatic heterocycles. The molecule has 4 rings (SSSR count). The van der Waals surface area contributed by atoms with Gasteiger partial charge < -0.3 is 5.32 Å². The van der Waals surface area contributed by atoms with Crippen molar-refractivity contribution in [2.45, 2.75) is 18.9 Å². The van der Waals surface area contributed by atoms with E-state index >= 15 is 0 Å². The number of hydrogen-bond donors (Lipinski definition) is 1. The van der Waals surface area contributed by atoms with Gasteiger partial charge in [0.05, 0.1) is 6.20 Å². The van der Waals surface area contributed by atoms with Gasteiger partial charge in [0.15, 0.2) is 0 Å². The summed E-state index contributed by atoms with van der Waals surface area (Å²) in [7, 11) is 4.08. The minimum atomic E-state index is 0.388. The second kappa shape index (κ2) is 6.33. The predicted octanol–water partition coefficient (Wildman–Crippen LogP) is 3.66. The van der Waals surface area contributed by atoms with Gasteiger partial charge in [-0.25, -0.2) is 4.98 Å². The Kier molecular flexibility index (Phi) is 4.01. The van der Waals surface area contributed by atoms with E-state index in [-0.39, 0.29) is 0 Å². The van der Waals surface area contributed by atoms with Crippen LogP contribution < -0.4 is 5.32 Å². The highest BCUT2D eigenvalue weighted by Crippen LogP contribution is 2.26. The summed E-state index contributed by atoms with van der Waals surface area (Å²) in [5.74, 6) is 0.848. The van der Waals surface area contributed by atoms with Gasteiger partial charge in [-0.15, -0.1) is 0 Å². The highest BCUT2D eigenvalue weighted by molar-refractivity contribution is 5.88. The molecular weight excluding hydrogens is 310 g/mol. The molecule has 5 heteroatoms. The molecule has 1 unspecified atom stereocenters. The molecule has 0 spiro atoms. The SMILES string of the molecule is C=C(Nc1cc2cc(-c3cnn(C)c3)ccc2cn1)C1CCCN1C. The lowest BCUT2D eigenvalue weighted by molar-refractivity contribution is 0.346. The number of aryl methyl sites for hydroxylation is 1. The number of anilines is 1. The van der Waals surface area contributed by atoms with E-state index in [0.29, 0.717) is 6.04 Å². The molecule has 0 bridgehead atoms. The minimum absolute atomic E-state index is 0.388. The summed E-state index contributed by atoms with van der Waals surface area (Å²) in [5, 5.41) is 9.95. The lowest BCUT2D eigenvalue weighted by Crippen LogP contribution is -2.29. The van der Waals surface area contributed by atoms with Crippen molar-refractivity contribution in [3.05, 3.63) is 55.1 Å². The smallest absolute Gasteiger partial charge is 0.130 e. The van der Waals surface area contributed by atoms with E-state index in [0.717, 1.165) is 46.4 Å². The molecule has 25 heavy (non-hydrogen) atoms. The molecule has 1 aliphatic heterocycles. The molecule has 1 N–H and O–H groups in total. The first-order valence-corrected chi connectivity index (χ1v) is 8.65. The van der Waals surface area contributed by atoms with Gasteiger partial charge in [0.1, 0.15) is 5.82 Å². The lowest BCUT2D eigenvalue weighted by Gasteiger charge is -2.22. The number of likely N-dealkylation sites (tertiary alicyclic amines) is 1. The fraction of sp³-hybridized carbons (Fsp3) is 0.300. The summed E-state index contributed by atoms with van der Waals surface area (Å²) < 4.78 is 1.82. The zero-order valence-corrected chi connectivity index (χ0v) is 14.7. The summed E-state index contributed by atoms with van der Waals surface area (Å²) in [6.45, 7) is 5.36. The molecule has 0 aliphatic carbocycles. The number of benzene rings is 1. The van der Waals surface area contributed by atoms with Crippen LogP contribution in [0.2, 0.25) is 0 Å². The Morgan fingerprint density at radius 1 is 1.16 bits per heavy atom. The molecule has 0 radical (unpaired) electrons. The second-order valence-corrected chi connectivity index (χ2v) is 6.82. The van der Waals surface area contributed by atoms with Gasteiger partial charge in [-0.3, -0.25) is 9.58 Å². The summed E-state index contributed by atoms with van der Waals surface area (Å²) in [4.78, 5) is 6.89. The molecule has 0 amide bonds. The molecule has 0 saturated carbocycles. The Labute approximate surface area is 148 Å². The third-order valence-electron chi connectivity index (χ3n) is 4.97. The number of aromatic nitrogens is 3. The van der Waals surface area contributed by atoms with Crippen LogP contribution in [0.5, 0.6) is 0 Å². The molecule has 1 atom stereocenters.